The number of anilines is 2. The molecular weight excluding hydrogens is 248 g/mol. The van der Waals surface area contributed by atoms with Gasteiger partial charge in [0.25, 0.3) is 0 Å². The van der Waals surface area contributed by atoms with Crippen LogP contribution in [0.5, 0.6) is 5.75 Å². The highest BCUT2D eigenvalue weighted by Crippen LogP contribution is 2.28. The molecule has 0 fully saturated rings. The lowest BCUT2D eigenvalue weighted by Gasteiger charge is -2.14. The highest BCUT2D eigenvalue weighted by atomic mass is 16.5. The minimum Gasteiger partial charge on any atom is -0.490 e. The molecule has 1 heterocycles. The molecule has 1 atom stereocenters. The molecule has 1 unspecified atom stereocenters. The quantitative estimate of drug-likeness (QED) is 0.609. The first-order valence-electron chi connectivity index (χ1n) is 6.26. The third kappa shape index (κ3) is 4.88. The summed E-state index contributed by atoms with van der Waals surface area (Å²) in [6.45, 7) is 3.63. The summed E-state index contributed by atoms with van der Waals surface area (Å²) in [4.78, 5) is 8.25. The minimum absolute atomic E-state index is 0.325. The van der Waals surface area contributed by atoms with Gasteiger partial charge in [-0.05, 0) is 13.3 Å². The van der Waals surface area contributed by atoms with Crippen molar-refractivity contribution in [3.63, 3.8) is 0 Å². The lowest BCUT2D eigenvalue weighted by molar-refractivity contribution is 0.0615. The number of aliphatic hydroxyl groups is 1. The van der Waals surface area contributed by atoms with Crippen LogP contribution in [-0.2, 0) is 4.74 Å². The van der Waals surface area contributed by atoms with Crippen LogP contribution in [0.25, 0.3) is 0 Å². The van der Waals surface area contributed by atoms with Crippen molar-refractivity contribution in [3.8, 4) is 5.75 Å². The molecule has 0 amide bonds. The molecule has 0 bridgehead atoms. The second-order valence-corrected chi connectivity index (χ2v) is 3.96. The number of hydrogen-bond acceptors (Lipinski definition) is 7. The molecule has 3 N–H and O–H groups in total. The topological polar surface area (TPSA) is 88.5 Å². The summed E-state index contributed by atoms with van der Waals surface area (Å²) in [5.74, 6) is 1.84. The summed E-state index contributed by atoms with van der Waals surface area (Å²) in [7, 11) is 3.14. The Morgan fingerprint density at radius 1 is 1.26 bits per heavy atom. The minimum atomic E-state index is -0.487. The predicted octanol–water partition coefficient (Wildman–Crippen LogP) is 0.726. The van der Waals surface area contributed by atoms with Crippen LogP contribution in [0, 0.1) is 0 Å². The largest absolute Gasteiger partial charge is 0.490 e. The normalized spacial score (nSPS) is 12.0. The summed E-state index contributed by atoms with van der Waals surface area (Å²) >= 11 is 0. The third-order valence-electron chi connectivity index (χ3n) is 2.48. The second kappa shape index (κ2) is 8.49. The average Bonchev–Trinajstić information content (AvgIpc) is 2.40. The summed E-state index contributed by atoms with van der Waals surface area (Å²) in [5.41, 5.74) is 0. The van der Waals surface area contributed by atoms with Crippen LogP contribution in [0.15, 0.2) is 6.33 Å². The van der Waals surface area contributed by atoms with E-state index in [0.29, 0.717) is 37.0 Å². The molecule has 7 nitrogen and oxygen atoms in total. The van der Waals surface area contributed by atoms with E-state index in [0.717, 1.165) is 6.54 Å². The summed E-state index contributed by atoms with van der Waals surface area (Å²) in [6.07, 6.45) is 1.55. The fourth-order valence-electron chi connectivity index (χ4n) is 1.62. The predicted molar refractivity (Wildman–Crippen MR) is 73.7 cm³/mol. The number of aromatic nitrogens is 2. The van der Waals surface area contributed by atoms with Crippen LogP contribution in [0.4, 0.5) is 11.6 Å². The van der Waals surface area contributed by atoms with Gasteiger partial charge < -0.3 is 25.2 Å². The van der Waals surface area contributed by atoms with Crippen LogP contribution < -0.4 is 15.4 Å². The zero-order valence-corrected chi connectivity index (χ0v) is 11.6. The summed E-state index contributed by atoms with van der Waals surface area (Å²) in [5, 5.41) is 15.8. The van der Waals surface area contributed by atoms with Crippen LogP contribution in [0.1, 0.15) is 13.3 Å². The lowest BCUT2D eigenvalue weighted by Crippen LogP contribution is -2.19. The number of methoxy groups -OCH3 is 2. The van der Waals surface area contributed by atoms with Gasteiger partial charge in [-0.15, -0.1) is 0 Å². The molecule has 0 aromatic carbocycles. The highest BCUT2D eigenvalue weighted by Gasteiger charge is 2.11. The van der Waals surface area contributed by atoms with E-state index >= 15 is 0 Å². The van der Waals surface area contributed by atoms with E-state index in [9.17, 15) is 5.11 Å². The highest BCUT2D eigenvalue weighted by molar-refractivity contribution is 5.63. The Labute approximate surface area is 113 Å². The maximum atomic E-state index is 9.55. The standard InChI is InChI=1S/C12H22N4O3/c1-4-13-11-10(19-3)12(16-8-15-11)14-6-5-9(17)7-18-2/h8-9,17H,4-7H2,1-3H3,(H2,13,14,15,16). The molecule has 0 radical (unpaired) electrons. The van der Waals surface area contributed by atoms with Crippen LogP contribution in [-0.4, -0.2) is 55.1 Å². The van der Waals surface area contributed by atoms with E-state index < -0.39 is 6.10 Å². The van der Waals surface area contributed by atoms with Crippen LogP contribution in [0.2, 0.25) is 0 Å². The van der Waals surface area contributed by atoms with Crippen LogP contribution in [0.3, 0.4) is 0 Å². The third-order valence-corrected chi connectivity index (χ3v) is 2.48. The molecule has 0 spiro atoms. The Hall–Kier alpha value is -1.60. The Morgan fingerprint density at radius 2 is 1.95 bits per heavy atom. The first-order chi connectivity index (χ1) is 9.22. The van der Waals surface area contributed by atoms with Crippen molar-refractivity contribution in [2.24, 2.45) is 0 Å². The second-order valence-electron chi connectivity index (χ2n) is 3.96. The Kier molecular flexibility index (Phi) is 6.91. The van der Waals surface area contributed by atoms with Crippen molar-refractivity contribution in [1.82, 2.24) is 9.97 Å². The van der Waals surface area contributed by atoms with Gasteiger partial charge in [-0.1, -0.05) is 0 Å². The van der Waals surface area contributed by atoms with Gasteiger partial charge in [-0.25, -0.2) is 9.97 Å². The van der Waals surface area contributed by atoms with Crippen molar-refractivity contribution < 1.29 is 14.6 Å². The molecule has 0 aliphatic rings. The van der Waals surface area contributed by atoms with Gasteiger partial charge in [-0.2, -0.15) is 0 Å². The fourth-order valence-corrected chi connectivity index (χ4v) is 1.62. The molecule has 1 aromatic heterocycles. The van der Waals surface area contributed by atoms with Gasteiger partial charge in [0, 0.05) is 20.2 Å². The summed E-state index contributed by atoms with van der Waals surface area (Å²) < 4.78 is 10.2. The zero-order valence-electron chi connectivity index (χ0n) is 11.6. The molecule has 1 rings (SSSR count). The number of hydrogen-bond donors (Lipinski definition) is 3. The Morgan fingerprint density at radius 3 is 2.53 bits per heavy atom. The monoisotopic (exact) mass is 270 g/mol. The Balaban J connectivity index is 2.59. The van der Waals surface area contributed by atoms with Crippen molar-refractivity contribution in [2.75, 3.05) is 44.5 Å². The van der Waals surface area contributed by atoms with Crippen molar-refractivity contribution in [3.05, 3.63) is 6.33 Å². The summed E-state index contributed by atoms with van der Waals surface area (Å²) in [6, 6.07) is 0. The van der Waals surface area contributed by atoms with Crippen LogP contribution >= 0.6 is 0 Å². The van der Waals surface area contributed by atoms with Crippen molar-refractivity contribution >= 4 is 11.6 Å². The molecule has 1 aromatic rings. The SMILES string of the molecule is CCNc1ncnc(NCCC(O)COC)c1OC. The number of nitrogens with one attached hydrogen (secondary N) is 2. The van der Waals surface area contributed by atoms with Gasteiger partial charge in [0.15, 0.2) is 11.6 Å². The van der Waals surface area contributed by atoms with E-state index in [4.69, 9.17) is 9.47 Å². The molecule has 0 saturated heterocycles. The van der Waals surface area contributed by atoms with Gasteiger partial charge in [-0.3, -0.25) is 0 Å². The average molecular weight is 270 g/mol. The molecule has 19 heavy (non-hydrogen) atoms. The molecular formula is C12H22N4O3. The fraction of sp³-hybridized carbons (Fsp3) is 0.667. The first-order valence-corrected chi connectivity index (χ1v) is 6.26. The van der Waals surface area contributed by atoms with Gasteiger partial charge in [0.2, 0.25) is 5.75 Å². The number of aliphatic hydroxyl groups excluding tert-OH is 1. The van der Waals surface area contributed by atoms with Crippen molar-refractivity contribution in [1.29, 1.82) is 0 Å². The maximum Gasteiger partial charge on any atom is 0.204 e. The molecule has 0 saturated carbocycles. The van der Waals surface area contributed by atoms with E-state index in [1.165, 1.54) is 6.33 Å². The molecule has 7 heteroatoms. The number of nitrogens with zero attached hydrogens (tertiary/aromatic N) is 2. The lowest BCUT2D eigenvalue weighted by atomic mass is 10.2. The first kappa shape index (κ1) is 15.5. The number of ether oxygens (including phenoxy) is 2. The molecule has 0 aliphatic heterocycles. The molecule has 108 valence electrons. The zero-order chi connectivity index (χ0) is 14.1. The van der Waals surface area contributed by atoms with E-state index in [2.05, 4.69) is 20.6 Å². The maximum absolute atomic E-state index is 9.55. The van der Waals surface area contributed by atoms with E-state index in [-0.39, 0.29) is 0 Å². The van der Waals surface area contributed by atoms with Gasteiger partial charge in [0.05, 0.1) is 19.8 Å². The number of rotatable bonds is 9. The van der Waals surface area contributed by atoms with E-state index in [1.54, 1.807) is 14.2 Å². The van der Waals surface area contributed by atoms with Crippen molar-refractivity contribution in [2.45, 2.75) is 19.4 Å². The molecule has 0 aliphatic carbocycles. The van der Waals surface area contributed by atoms with Gasteiger partial charge >= 0.3 is 0 Å². The smallest absolute Gasteiger partial charge is 0.204 e. The van der Waals surface area contributed by atoms with E-state index in [1.807, 2.05) is 6.92 Å². The Bertz CT molecular complexity index is 376. The van der Waals surface area contributed by atoms with Gasteiger partial charge in [0.1, 0.15) is 6.33 Å².